The third-order valence-corrected chi connectivity index (χ3v) is 6.49. The summed E-state index contributed by atoms with van der Waals surface area (Å²) in [7, 11) is 0. The Labute approximate surface area is 127 Å². The van der Waals surface area contributed by atoms with E-state index in [1.165, 1.54) is 6.42 Å². The first-order valence-corrected chi connectivity index (χ1v) is 7.16. The van der Waals surface area contributed by atoms with Crippen molar-refractivity contribution in [2.24, 2.45) is 17.3 Å². The van der Waals surface area contributed by atoms with Crippen LogP contribution in [-0.4, -0.2) is 28.2 Å². The fourth-order valence-corrected chi connectivity index (χ4v) is 5.38. The molecule has 2 saturated heterocycles. The molecule has 5 fully saturated rings. The molecule has 0 aromatic rings. The maximum absolute atomic E-state index is 12.1. The average molecular weight is 255 g/mol. The van der Waals surface area contributed by atoms with Gasteiger partial charge in [-0.2, -0.15) is 0 Å². The van der Waals surface area contributed by atoms with Gasteiger partial charge >= 0.3 is 18.9 Å². The topological polar surface area (TPSA) is 29.5 Å². The maximum atomic E-state index is 12.1. The van der Waals surface area contributed by atoms with Crippen LogP contribution in [0.2, 0.25) is 0 Å². The molecule has 1 amide bonds. The average Bonchev–Trinajstić information content (AvgIpc) is 2.67. The largest absolute Gasteiger partial charge is 1.00 e. The van der Waals surface area contributed by atoms with E-state index in [1.54, 1.807) is 6.42 Å². The van der Waals surface area contributed by atoms with Crippen LogP contribution in [0.4, 0.5) is 0 Å². The Morgan fingerprint density at radius 3 is 2.58 bits per heavy atom. The molecule has 0 aromatic carbocycles. The van der Waals surface area contributed by atoms with Crippen LogP contribution in [-0.2, 0) is 9.53 Å². The Balaban J connectivity index is 0.00000110. The summed E-state index contributed by atoms with van der Waals surface area (Å²) in [6.07, 6.45) is 4.94. The Morgan fingerprint density at radius 1 is 1.26 bits per heavy atom. The minimum absolute atomic E-state index is 0. The molecule has 3 saturated carbocycles. The molecule has 0 radical (unpaired) electrons. The summed E-state index contributed by atoms with van der Waals surface area (Å²) in [5.41, 5.74) is -0.116. The minimum Gasteiger partial charge on any atom is -0.350 e. The number of hydrogen-bond acceptors (Lipinski definition) is 2. The number of carbonyl (C=O) groups is 1. The summed E-state index contributed by atoms with van der Waals surface area (Å²) in [5, 5.41) is 0. The maximum Gasteiger partial charge on any atom is 1.00 e. The Hall–Kier alpha value is -0.103. The summed E-state index contributed by atoms with van der Waals surface area (Å²) < 4.78 is 6.49. The third-order valence-electron chi connectivity index (χ3n) is 6.49. The molecule has 5 aliphatic rings. The molecule has 19 heavy (non-hydrogen) atoms. The Kier molecular flexibility index (Phi) is 2.60. The normalized spacial score (nSPS) is 52.7. The van der Waals surface area contributed by atoms with Crippen LogP contribution < -0.4 is 18.9 Å². The first kappa shape index (κ1) is 13.9. The Morgan fingerprint density at radius 2 is 1.95 bits per heavy atom. The van der Waals surface area contributed by atoms with Crippen LogP contribution in [0, 0.1) is 23.7 Å². The number of rotatable bonds is 0. The van der Waals surface area contributed by atoms with E-state index in [2.05, 4.69) is 27.7 Å². The van der Waals surface area contributed by atoms with Crippen molar-refractivity contribution >= 4 is 5.91 Å². The fourth-order valence-electron chi connectivity index (χ4n) is 5.38. The molecule has 3 aliphatic carbocycles. The van der Waals surface area contributed by atoms with Crippen molar-refractivity contribution in [3.8, 4) is 0 Å². The van der Waals surface area contributed by atoms with Crippen molar-refractivity contribution < 1.29 is 28.4 Å². The van der Waals surface area contributed by atoms with E-state index in [4.69, 9.17) is 4.74 Å². The molecule has 2 heterocycles. The van der Waals surface area contributed by atoms with E-state index < -0.39 is 0 Å². The van der Waals surface area contributed by atoms with Crippen molar-refractivity contribution in [1.82, 2.24) is 4.90 Å². The molecule has 4 heteroatoms. The molecule has 5 rings (SSSR count). The first-order chi connectivity index (χ1) is 8.29. The third kappa shape index (κ3) is 1.35. The van der Waals surface area contributed by atoms with E-state index in [0.717, 1.165) is 18.8 Å². The predicted molar refractivity (Wildman–Crippen MR) is 67.4 cm³/mol. The van der Waals surface area contributed by atoms with Crippen LogP contribution in [0.1, 0.15) is 47.0 Å². The van der Waals surface area contributed by atoms with Gasteiger partial charge in [-0.05, 0) is 43.9 Å². The quantitative estimate of drug-likeness (QED) is 0.426. The standard InChI is InChI=1S/C15H22NO2.Li/c1-13(2)9-7-10(13)15(4)11(8-9)16-12(17)5-6-14(16,3)18-15;/h5,9-11H,6-8H2,1-4H3;/q-1;+1/t9-,10-,11+,14-,15-;/m1./s1. The van der Waals surface area contributed by atoms with Gasteiger partial charge in [0.25, 0.3) is 0 Å². The Bertz CT molecular complexity index is 451. The second-order valence-electron chi connectivity index (χ2n) is 7.64. The van der Waals surface area contributed by atoms with Crippen molar-refractivity contribution in [3.63, 3.8) is 0 Å². The second-order valence-corrected chi connectivity index (χ2v) is 7.64. The van der Waals surface area contributed by atoms with Gasteiger partial charge in [0.15, 0.2) is 0 Å². The molecule has 100 valence electrons. The smallest absolute Gasteiger partial charge is 0.350 e. The van der Waals surface area contributed by atoms with E-state index in [-0.39, 0.29) is 36.1 Å². The summed E-state index contributed by atoms with van der Waals surface area (Å²) in [6, 6.07) is 0.297. The van der Waals surface area contributed by atoms with E-state index >= 15 is 0 Å². The number of amides is 1. The molecular formula is C15H22LiNO2. The summed E-state index contributed by atoms with van der Waals surface area (Å²) in [6.45, 7) is 9.07. The van der Waals surface area contributed by atoms with Crippen molar-refractivity contribution in [1.29, 1.82) is 0 Å². The second kappa shape index (κ2) is 3.56. The summed E-state index contributed by atoms with van der Waals surface area (Å²) in [5.74, 6) is 1.55. The van der Waals surface area contributed by atoms with Crippen LogP contribution in [0.3, 0.4) is 0 Å². The van der Waals surface area contributed by atoms with Crippen molar-refractivity contribution in [3.05, 3.63) is 6.42 Å². The summed E-state index contributed by atoms with van der Waals surface area (Å²) >= 11 is 0. The number of hydrogen-bond donors (Lipinski definition) is 0. The zero-order chi connectivity index (χ0) is 12.9. The van der Waals surface area contributed by atoms with Gasteiger partial charge in [0.05, 0.1) is 17.6 Å². The summed E-state index contributed by atoms with van der Waals surface area (Å²) in [4.78, 5) is 14.2. The molecule has 5 atom stereocenters. The van der Waals surface area contributed by atoms with E-state index in [1.807, 2.05) is 4.90 Å². The zero-order valence-corrected chi connectivity index (χ0v) is 12.7. The minimum atomic E-state index is -0.371. The van der Waals surface area contributed by atoms with Gasteiger partial charge in [-0.25, -0.2) is 0 Å². The van der Waals surface area contributed by atoms with E-state index in [9.17, 15) is 4.79 Å². The van der Waals surface area contributed by atoms with Gasteiger partial charge in [-0.1, -0.05) is 13.8 Å². The SMILES string of the molecule is CC1(C)[C@H]2C[C@@H]3N4C(=O)[CH-]C[C@@]4(C)O[C@]3(C)[C@@H]1C2.[Li+]. The molecule has 2 aliphatic heterocycles. The van der Waals surface area contributed by atoms with Gasteiger partial charge in [-0.3, -0.25) is 6.42 Å². The predicted octanol–water partition coefficient (Wildman–Crippen LogP) is -0.633. The van der Waals surface area contributed by atoms with E-state index in [0.29, 0.717) is 17.4 Å². The zero-order valence-electron chi connectivity index (χ0n) is 12.7. The number of ether oxygens (including phenoxy) is 1. The molecule has 2 bridgehead atoms. The molecule has 0 spiro atoms. The van der Waals surface area contributed by atoms with Gasteiger partial charge < -0.3 is 14.4 Å². The molecule has 0 aromatic heterocycles. The van der Waals surface area contributed by atoms with Crippen LogP contribution >= 0.6 is 0 Å². The number of fused-ring (bicyclic) bond motifs is 1. The number of nitrogens with zero attached hydrogens (tertiary/aromatic N) is 1. The van der Waals surface area contributed by atoms with Gasteiger partial charge in [0, 0.05) is 0 Å². The van der Waals surface area contributed by atoms with Gasteiger partial charge in [0.1, 0.15) is 5.72 Å². The van der Waals surface area contributed by atoms with Crippen LogP contribution in [0.5, 0.6) is 0 Å². The molecule has 0 N–H and O–H groups in total. The van der Waals surface area contributed by atoms with Crippen LogP contribution in [0.25, 0.3) is 0 Å². The molecule has 0 unspecified atom stereocenters. The first-order valence-electron chi connectivity index (χ1n) is 7.16. The van der Waals surface area contributed by atoms with Gasteiger partial charge in [0.2, 0.25) is 0 Å². The van der Waals surface area contributed by atoms with Gasteiger partial charge in [-0.15, -0.1) is 6.42 Å². The molecular weight excluding hydrogens is 233 g/mol. The molecule has 3 nitrogen and oxygen atoms in total. The van der Waals surface area contributed by atoms with Crippen molar-refractivity contribution in [2.75, 3.05) is 0 Å². The monoisotopic (exact) mass is 255 g/mol. The fraction of sp³-hybridized carbons (Fsp3) is 0.867. The van der Waals surface area contributed by atoms with Crippen LogP contribution in [0.15, 0.2) is 0 Å². The number of carbonyl (C=O) groups excluding carboxylic acids is 1. The van der Waals surface area contributed by atoms with Crippen molar-refractivity contribution in [2.45, 2.75) is 64.3 Å².